The quantitative estimate of drug-likeness (QED) is 0.151. The lowest BCUT2D eigenvalue weighted by atomic mass is 9.79. The van der Waals surface area contributed by atoms with Crippen molar-refractivity contribution in [2.24, 2.45) is 0 Å². The molecule has 0 amide bonds. The Hall–Kier alpha value is -8.84. The number of rotatable bonds is 5. The fourth-order valence-corrected chi connectivity index (χ4v) is 14.6. The molecule has 14 aromatic carbocycles. The molecule has 2 aliphatic carbocycles. The first-order valence-electron chi connectivity index (χ1n) is 28.0. The average molecular weight is 995 g/mol. The van der Waals surface area contributed by atoms with Gasteiger partial charge >= 0.3 is 0 Å². The molecule has 2 aliphatic rings. The predicted molar refractivity (Wildman–Crippen MR) is 335 cm³/mol. The van der Waals surface area contributed by atoms with Crippen LogP contribution in [0.25, 0.3) is 143 Å². The van der Waals surface area contributed by atoms with Crippen LogP contribution in [0.15, 0.2) is 224 Å². The summed E-state index contributed by atoms with van der Waals surface area (Å²) in [4.78, 5) is 0. The molecular formula is C78H58. The summed E-state index contributed by atoms with van der Waals surface area (Å²) >= 11 is 0. The molecule has 78 heavy (non-hydrogen) atoms. The lowest BCUT2D eigenvalue weighted by Crippen LogP contribution is -2.15. The zero-order chi connectivity index (χ0) is 52.6. The summed E-state index contributed by atoms with van der Waals surface area (Å²) in [5.74, 6) is 0. The van der Waals surface area contributed by atoms with Crippen LogP contribution in [-0.2, 0) is 16.2 Å². The number of benzene rings is 14. The average Bonchev–Trinajstić information content (AvgIpc) is 3.72. The van der Waals surface area contributed by atoms with Crippen LogP contribution in [0.5, 0.6) is 0 Å². The van der Waals surface area contributed by atoms with Gasteiger partial charge in [-0.1, -0.05) is 243 Å². The maximum absolute atomic E-state index is 2.49. The van der Waals surface area contributed by atoms with Gasteiger partial charge in [-0.2, -0.15) is 0 Å². The molecule has 0 N–H and O–H groups in total. The van der Waals surface area contributed by atoms with Gasteiger partial charge in [0.1, 0.15) is 0 Å². The Morgan fingerprint density at radius 2 is 0.603 bits per heavy atom. The van der Waals surface area contributed by atoms with Gasteiger partial charge in [-0.05, 0) is 206 Å². The first-order chi connectivity index (χ1) is 37.8. The highest BCUT2D eigenvalue weighted by Gasteiger charge is 2.38. The number of hydrogen-bond acceptors (Lipinski definition) is 0. The summed E-state index contributed by atoms with van der Waals surface area (Å²) in [6, 6.07) is 86.3. The van der Waals surface area contributed by atoms with Gasteiger partial charge in [0.15, 0.2) is 0 Å². The lowest BCUT2D eigenvalue weighted by molar-refractivity contribution is 0.591. The molecule has 0 saturated heterocycles. The zero-order valence-corrected chi connectivity index (χ0v) is 45.4. The third-order valence-electron chi connectivity index (χ3n) is 18.7. The first-order valence-corrected chi connectivity index (χ1v) is 28.0. The van der Waals surface area contributed by atoms with E-state index in [1.807, 2.05) is 0 Å². The molecule has 0 radical (unpaired) electrons. The third kappa shape index (κ3) is 6.35. The molecule has 0 aromatic heterocycles. The summed E-state index contributed by atoms with van der Waals surface area (Å²) < 4.78 is 0. The van der Waals surface area contributed by atoms with E-state index in [1.165, 1.54) is 170 Å². The van der Waals surface area contributed by atoms with Crippen LogP contribution in [-0.4, -0.2) is 0 Å². The van der Waals surface area contributed by atoms with E-state index in [0.29, 0.717) is 0 Å². The van der Waals surface area contributed by atoms with E-state index in [1.54, 1.807) is 0 Å². The molecule has 14 aromatic rings. The molecule has 0 fully saturated rings. The predicted octanol–water partition coefficient (Wildman–Crippen LogP) is 21.7. The van der Waals surface area contributed by atoms with Crippen LogP contribution in [0, 0.1) is 0 Å². The first kappa shape index (κ1) is 45.4. The second-order valence-electron chi connectivity index (χ2n) is 24.8. The Kier molecular flexibility index (Phi) is 9.23. The molecule has 370 valence electrons. The van der Waals surface area contributed by atoms with Crippen molar-refractivity contribution >= 4 is 64.6 Å². The lowest BCUT2D eigenvalue weighted by Gasteiger charge is -2.24. The van der Waals surface area contributed by atoms with Crippen molar-refractivity contribution in [3.8, 4) is 77.9 Å². The Bertz CT molecular complexity index is 4850. The largest absolute Gasteiger partial charge is 0.0616 e. The van der Waals surface area contributed by atoms with Crippen LogP contribution >= 0.6 is 0 Å². The van der Waals surface area contributed by atoms with E-state index in [-0.39, 0.29) is 16.2 Å². The van der Waals surface area contributed by atoms with Crippen LogP contribution in [0.4, 0.5) is 0 Å². The standard InChI is InChI=1S/C78H58/c1-76(2,3)55-38-53-25-24-47-26-32-60(66-37-31-54(39-55)73(53)75(47)66)58-19-10-8-17-56(58)50-29-35-63-61-33-27-48(41-68(61)77(4,5)70(63)43-50)49-28-34-62-64-36-30-51(44-71(64)78(6,7)69(62)42-49)57-18-9-11-20-59(57)67-40-52-16-12-14-45-22-23-46-15-13-21-65(67)74(46)72(45)52/h8-44H,1-7H3. The Morgan fingerprint density at radius 3 is 1.14 bits per heavy atom. The van der Waals surface area contributed by atoms with Crippen LogP contribution < -0.4 is 0 Å². The summed E-state index contributed by atoms with van der Waals surface area (Å²) in [5, 5.41) is 15.9. The van der Waals surface area contributed by atoms with E-state index in [4.69, 9.17) is 0 Å². The Morgan fingerprint density at radius 1 is 0.244 bits per heavy atom. The Labute approximate surface area is 457 Å². The highest BCUT2D eigenvalue weighted by Crippen LogP contribution is 2.55. The minimum absolute atomic E-state index is 0.0774. The molecule has 0 bridgehead atoms. The summed E-state index contributed by atoms with van der Waals surface area (Å²) in [6.45, 7) is 16.6. The second-order valence-corrected chi connectivity index (χ2v) is 24.8. The minimum atomic E-state index is -0.194. The Balaban J connectivity index is 0.733. The van der Waals surface area contributed by atoms with Gasteiger partial charge < -0.3 is 0 Å². The van der Waals surface area contributed by atoms with Crippen LogP contribution in [0.1, 0.15) is 76.3 Å². The molecule has 0 saturated carbocycles. The van der Waals surface area contributed by atoms with Crippen molar-refractivity contribution < 1.29 is 0 Å². The maximum atomic E-state index is 2.49. The minimum Gasteiger partial charge on any atom is -0.0616 e. The van der Waals surface area contributed by atoms with Crippen molar-refractivity contribution in [3.63, 3.8) is 0 Å². The van der Waals surface area contributed by atoms with Crippen LogP contribution in [0.3, 0.4) is 0 Å². The fourth-order valence-electron chi connectivity index (χ4n) is 14.6. The third-order valence-corrected chi connectivity index (χ3v) is 18.7. The topological polar surface area (TPSA) is 0 Å². The van der Waals surface area contributed by atoms with Crippen molar-refractivity contribution in [1.29, 1.82) is 0 Å². The number of hydrogen-bond donors (Lipinski definition) is 0. The molecule has 0 heteroatoms. The molecule has 0 unspecified atom stereocenters. The summed E-state index contributed by atoms with van der Waals surface area (Å²) in [5.41, 5.74) is 24.6. The van der Waals surface area contributed by atoms with Gasteiger partial charge in [-0.15, -0.1) is 0 Å². The molecule has 16 rings (SSSR count). The van der Waals surface area contributed by atoms with Gasteiger partial charge in [0, 0.05) is 10.8 Å². The van der Waals surface area contributed by atoms with Gasteiger partial charge in [-0.3, -0.25) is 0 Å². The second kappa shape index (κ2) is 15.9. The van der Waals surface area contributed by atoms with Gasteiger partial charge in [0.25, 0.3) is 0 Å². The monoisotopic (exact) mass is 994 g/mol. The summed E-state index contributed by atoms with van der Waals surface area (Å²) in [7, 11) is 0. The van der Waals surface area contributed by atoms with Crippen molar-refractivity contribution in [1.82, 2.24) is 0 Å². The molecule has 0 heterocycles. The maximum Gasteiger partial charge on any atom is 0.0159 e. The van der Waals surface area contributed by atoms with Crippen molar-refractivity contribution in [2.75, 3.05) is 0 Å². The molecular weight excluding hydrogens is 937 g/mol. The van der Waals surface area contributed by atoms with Gasteiger partial charge in [0.05, 0.1) is 0 Å². The van der Waals surface area contributed by atoms with Gasteiger partial charge in [0.2, 0.25) is 0 Å². The smallest absolute Gasteiger partial charge is 0.0159 e. The van der Waals surface area contributed by atoms with E-state index in [0.717, 1.165) is 0 Å². The molecule has 0 nitrogen and oxygen atoms in total. The van der Waals surface area contributed by atoms with Crippen molar-refractivity contribution in [3.05, 3.63) is 252 Å². The van der Waals surface area contributed by atoms with E-state index in [2.05, 4.69) is 273 Å². The van der Waals surface area contributed by atoms with Crippen molar-refractivity contribution in [2.45, 2.75) is 64.7 Å². The van der Waals surface area contributed by atoms with E-state index < -0.39 is 0 Å². The highest BCUT2D eigenvalue weighted by molar-refractivity contribution is 6.28. The summed E-state index contributed by atoms with van der Waals surface area (Å²) in [6.07, 6.45) is 0. The highest BCUT2D eigenvalue weighted by atomic mass is 14.4. The number of fused-ring (bicyclic) bond motifs is 6. The normalized spacial score (nSPS) is 14.3. The van der Waals surface area contributed by atoms with E-state index in [9.17, 15) is 0 Å². The molecule has 0 spiro atoms. The molecule has 0 atom stereocenters. The SMILES string of the molecule is CC(C)(C)c1cc2ccc3ccc(-c4ccccc4-c4ccc5c(c4)C(C)(C)c4cc(-c6ccc7c(c6)C(C)(C)c6cc(-c8ccccc8-c8cc9cccc%10ccc%11cccc8c%11c%109)ccc6-7)ccc4-5)c4ccc(c1)c2c34. The fraction of sp³-hybridized carbons (Fsp3) is 0.128. The van der Waals surface area contributed by atoms with Crippen LogP contribution in [0.2, 0.25) is 0 Å². The van der Waals surface area contributed by atoms with Gasteiger partial charge in [-0.25, -0.2) is 0 Å². The zero-order valence-electron chi connectivity index (χ0n) is 45.4. The van der Waals surface area contributed by atoms with E-state index >= 15 is 0 Å². The molecule has 0 aliphatic heterocycles.